The van der Waals surface area contributed by atoms with E-state index in [-0.39, 0.29) is 0 Å². The van der Waals surface area contributed by atoms with Crippen LogP contribution in [0.1, 0.15) is 30.7 Å². The number of hydrogen-bond donors (Lipinski definition) is 1. The first-order valence-electron chi connectivity index (χ1n) is 7.25. The molecule has 0 radical (unpaired) electrons. The average molecular weight is 367 g/mol. The van der Waals surface area contributed by atoms with Crippen LogP contribution in [-0.4, -0.2) is 29.1 Å². The van der Waals surface area contributed by atoms with Crippen LogP contribution in [0.25, 0.3) is 0 Å². The molecular formula is C15H19BrN4S. The lowest BCUT2D eigenvalue weighted by Crippen LogP contribution is -2.43. The molecule has 112 valence electrons. The quantitative estimate of drug-likeness (QED) is 0.896. The molecule has 3 heterocycles. The molecule has 21 heavy (non-hydrogen) atoms. The predicted molar refractivity (Wildman–Crippen MR) is 90.8 cm³/mol. The van der Waals surface area contributed by atoms with E-state index in [0.717, 1.165) is 31.9 Å². The van der Waals surface area contributed by atoms with Gasteiger partial charge in [-0.25, -0.2) is 9.97 Å². The average Bonchev–Trinajstić information content (AvgIpc) is 2.95. The van der Waals surface area contributed by atoms with Crippen molar-refractivity contribution in [3.8, 4) is 0 Å². The van der Waals surface area contributed by atoms with E-state index in [1.807, 2.05) is 18.5 Å². The number of aromatic nitrogens is 2. The molecule has 1 atom stereocenters. The van der Waals surface area contributed by atoms with Crippen LogP contribution in [-0.2, 0) is 0 Å². The maximum absolute atomic E-state index is 4.33. The number of hydrogen-bond acceptors (Lipinski definition) is 5. The van der Waals surface area contributed by atoms with E-state index in [1.54, 1.807) is 11.3 Å². The Morgan fingerprint density at radius 2 is 2.05 bits per heavy atom. The molecule has 1 saturated heterocycles. The summed E-state index contributed by atoms with van der Waals surface area (Å²) < 4.78 is 1.21. The Hall–Kier alpha value is -0.980. The predicted octanol–water partition coefficient (Wildman–Crippen LogP) is 3.62. The van der Waals surface area contributed by atoms with Gasteiger partial charge < -0.3 is 10.2 Å². The molecule has 0 saturated carbocycles. The molecule has 1 aliphatic heterocycles. The Bertz CT molecular complexity index is 566. The lowest BCUT2D eigenvalue weighted by Gasteiger charge is -2.33. The summed E-state index contributed by atoms with van der Waals surface area (Å²) in [5.74, 6) is 0.852. The number of nitrogens with zero attached hydrogens (tertiary/aromatic N) is 3. The number of rotatable bonds is 4. The first-order chi connectivity index (χ1) is 10.2. The largest absolute Gasteiger partial charge is 0.341 e. The maximum Gasteiger partial charge on any atom is 0.225 e. The fourth-order valence-electron chi connectivity index (χ4n) is 2.74. The summed E-state index contributed by atoms with van der Waals surface area (Å²) in [6.45, 7) is 4.27. The number of halogens is 1. The minimum Gasteiger partial charge on any atom is -0.341 e. The highest BCUT2D eigenvalue weighted by atomic mass is 79.9. The topological polar surface area (TPSA) is 41.0 Å². The summed E-state index contributed by atoms with van der Waals surface area (Å²) in [7, 11) is 0. The van der Waals surface area contributed by atoms with Gasteiger partial charge in [0.05, 0.1) is 0 Å². The second-order valence-corrected chi connectivity index (χ2v) is 7.13. The molecule has 2 aromatic heterocycles. The highest BCUT2D eigenvalue weighted by Crippen LogP contribution is 2.29. The zero-order valence-electron chi connectivity index (χ0n) is 12.0. The molecule has 0 amide bonds. The second-order valence-electron chi connectivity index (χ2n) is 5.33. The van der Waals surface area contributed by atoms with Crippen molar-refractivity contribution in [3.63, 3.8) is 0 Å². The van der Waals surface area contributed by atoms with Gasteiger partial charge in [0.15, 0.2) is 0 Å². The van der Waals surface area contributed by atoms with Crippen LogP contribution >= 0.6 is 27.3 Å². The van der Waals surface area contributed by atoms with E-state index in [0.29, 0.717) is 12.1 Å². The zero-order valence-corrected chi connectivity index (χ0v) is 14.4. The number of anilines is 1. The third-order valence-electron chi connectivity index (χ3n) is 3.85. The molecule has 1 N–H and O–H groups in total. The van der Waals surface area contributed by atoms with E-state index in [2.05, 4.69) is 54.5 Å². The lowest BCUT2D eigenvalue weighted by molar-refractivity contribution is 0.380. The van der Waals surface area contributed by atoms with E-state index < -0.39 is 0 Å². The molecule has 4 nitrogen and oxygen atoms in total. The fourth-order valence-corrected chi connectivity index (χ4v) is 4.48. The van der Waals surface area contributed by atoms with Crippen LogP contribution in [0, 0.1) is 0 Å². The highest BCUT2D eigenvalue weighted by molar-refractivity contribution is 9.10. The normalized spacial score (nSPS) is 17.9. The smallest absolute Gasteiger partial charge is 0.225 e. The van der Waals surface area contributed by atoms with Crippen molar-refractivity contribution in [3.05, 3.63) is 39.3 Å². The van der Waals surface area contributed by atoms with Gasteiger partial charge in [0.2, 0.25) is 5.95 Å². The molecule has 0 aliphatic carbocycles. The van der Waals surface area contributed by atoms with Crippen LogP contribution in [0.3, 0.4) is 0 Å². The Kier molecular flexibility index (Phi) is 4.87. The molecule has 3 rings (SSSR count). The summed E-state index contributed by atoms with van der Waals surface area (Å²) in [5.41, 5.74) is 0. The second kappa shape index (κ2) is 6.85. The lowest BCUT2D eigenvalue weighted by atomic mass is 10.0. The SMILES string of the molecule is CC(NC1CCN(c2ncccn2)CC1)c1sccc1Br. The number of piperidine rings is 1. The maximum atomic E-state index is 4.33. The number of thiophene rings is 1. The molecular weight excluding hydrogens is 348 g/mol. The van der Waals surface area contributed by atoms with Crippen molar-refractivity contribution >= 4 is 33.2 Å². The first-order valence-corrected chi connectivity index (χ1v) is 8.92. The molecule has 1 unspecified atom stereocenters. The summed E-state index contributed by atoms with van der Waals surface area (Å²) in [6.07, 6.45) is 5.88. The van der Waals surface area contributed by atoms with Crippen LogP contribution < -0.4 is 10.2 Å². The van der Waals surface area contributed by atoms with E-state index >= 15 is 0 Å². The van der Waals surface area contributed by atoms with Crippen LogP contribution in [0.4, 0.5) is 5.95 Å². The summed E-state index contributed by atoms with van der Waals surface area (Å²) in [5, 5.41) is 5.88. The summed E-state index contributed by atoms with van der Waals surface area (Å²) >= 11 is 5.42. The van der Waals surface area contributed by atoms with Crippen molar-refractivity contribution in [2.24, 2.45) is 0 Å². The van der Waals surface area contributed by atoms with Crippen LogP contribution in [0.5, 0.6) is 0 Å². The standard InChI is InChI=1S/C15H19BrN4S/c1-11(14-13(16)5-10-21-14)19-12-3-8-20(9-4-12)15-17-6-2-7-18-15/h2,5-7,10-12,19H,3-4,8-9H2,1H3. The Labute approximate surface area is 137 Å². The van der Waals surface area contributed by atoms with Gasteiger partial charge in [0.25, 0.3) is 0 Å². The molecule has 1 fully saturated rings. The van der Waals surface area contributed by atoms with Crippen molar-refractivity contribution in [2.45, 2.75) is 31.8 Å². The van der Waals surface area contributed by atoms with Crippen molar-refractivity contribution in [2.75, 3.05) is 18.0 Å². The van der Waals surface area contributed by atoms with Crippen molar-refractivity contribution < 1.29 is 0 Å². The van der Waals surface area contributed by atoms with E-state index in [4.69, 9.17) is 0 Å². The summed E-state index contributed by atoms with van der Waals surface area (Å²) in [4.78, 5) is 12.3. The third-order valence-corrected chi connectivity index (χ3v) is 5.91. The third kappa shape index (κ3) is 3.62. The Morgan fingerprint density at radius 3 is 2.67 bits per heavy atom. The zero-order chi connectivity index (χ0) is 14.7. The van der Waals surface area contributed by atoms with Crippen molar-refractivity contribution in [1.82, 2.24) is 15.3 Å². The van der Waals surface area contributed by atoms with Gasteiger partial charge in [0, 0.05) is 46.9 Å². The van der Waals surface area contributed by atoms with Crippen molar-refractivity contribution in [1.29, 1.82) is 0 Å². The monoisotopic (exact) mass is 366 g/mol. The molecule has 0 aromatic carbocycles. The molecule has 0 spiro atoms. The summed E-state index contributed by atoms with van der Waals surface area (Å²) in [6, 6.07) is 4.93. The van der Waals surface area contributed by atoms with Crippen LogP contribution in [0.2, 0.25) is 0 Å². The first kappa shape index (κ1) is 14.9. The van der Waals surface area contributed by atoms with Gasteiger partial charge in [0.1, 0.15) is 0 Å². The Balaban J connectivity index is 1.53. The van der Waals surface area contributed by atoms with Gasteiger partial charge in [-0.15, -0.1) is 11.3 Å². The number of nitrogens with one attached hydrogen (secondary N) is 1. The van der Waals surface area contributed by atoms with E-state index in [9.17, 15) is 0 Å². The molecule has 0 bridgehead atoms. The molecule has 1 aliphatic rings. The molecule has 2 aromatic rings. The van der Waals surface area contributed by atoms with Gasteiger partial charge in [-0.05, 0) is 53.2 Å². The van der Waals surface area contributed by atoms with Gasteiger partial charge in [-0.2, -0.15) is 0 Å². The fraction of sp³-hybridized carbons (Fsp3) is 0.467. The van der Waals surface area contributed by atoms with Crippen LogP contribution in [0.15, 0.2) is 34.4 Å². The van der Waals surface area contributed by atoms with Gasteiger partial charge >= 0.3 is 0 Å². The van der Waals surface area contributed by atoms with Gasteiger partial charge in [-0.3, -0.25) is 0 Å². The molecule has 6 heteroatoms. The Morgan fingerprint density at radius 1 is 1.33 bits per heavy atom. The minimum atomic E-state index is 0.393. The highest BCUT2D eigenvalue weighted by Gasteiger charge is 2.23. The van der Waals surface area contributed by atoms with Gasteiger partial charge in [-0.1, -0.05) is 0 Å². The van der Waals surface area contributed by atoms with E-state index in [1.165, 1.54) is 9.35 Å². The minimum absolute atomic E-state index is 0.393.